The molecule has 0 amide bonds. The predicted molar refractivity (Wildman–Crippen MR) is 70.5 cm³/mol. The van der Waals surface area contributed by atoms with Crippen molar-refractivity contribution >= 4 is 23.1 Å². The van der Waals surface area contributed by atoms with Crippen molar-refractivity contribution in [2.45, 2.75) is 13.3 Å². The first-order valence-corrected chi connectivity index (χ1v) is 5.76. The topological polar surface area (TPSA) is 55.8 Å². The minimum atomic E-state index is -0.999. The van der Waals surface area contributed by atoms with Crippen LogP contribution in [0.1, 0.15) is 18.9 Å². The lowest BCUT2D eigenvalue weighted by Crippen LogP contribution is -1.97. The summed E-state index contributed by atoms with van der Waals surface area (Å²) in [5, 5.41) is 9.25. The van der Waals surface area contributed by atoms with Crippen LogP contribution in [-0.2, 0) is 4.79 Å². The van der Waals surface area contributed by atoms with Gasteiger partial charge in [-0.15, -0.1) is 0 Å². The lowest BCUT2D eigenvalue weighted by Gasteiger charge is -2.13. The monoisotopic (exact) mass is 270 g/mol. The Morgan fingerprint density at radius 2 is 1.94 bits per heavy atom. The third-order valence-electron chi connectivity index (χ3n) is 2.50. The minimum Gasteiger partial charge on any atom is -0.496 e. The fraction of sp³-hybridized carbons (Fsp3) is 0.308. The Morgan fingerprint density at radius 1 is 1.33 bits per heavy atom. The average molecular weight is 271 g/mol. The molecule has 0 saturated heterocycles. The molecule has 1 N–H and O–H groups in total. The first-order valence-electron chi connectivity index (χ1n) is 5.38. The van der Waals surface area contributed by atoms with Crippen LogP contribution in [0.15, 0.2) is 18.2 Å². The Balaban J connectivity index is 3.38. The van der Waals surface area contributed by atoms with Crippen LogP contribution in [0.4, 0.5) is 0 Å². The van der Waals surface area contributed by atoms with Gasteiger partial charge in [-0.1, -0.05) is 18.5 Å². The SMILES string of the molecule is CC/C(=C\C(=O)O)c1cc(Cl)c(OC)cc1OC. The summed E-state index contributed by atoms with van der Waals surface area (Å²) in [6, 6.07) is 3.29. The molecule has 0 aliphatic heterocycles. The molecule has 0 unspecified atom stereocenters. The number of halogens is 1. The summed E-state index contributed by atoms with van der Waals surface area (Å²) in [4.78, 5) is 10.8. The van der Waals surface area contributed by atoms with Gasteiger partial charge < -0.3 is 14.6 Å². The highest BCUT2D eigenvalue weighted by molar-refractivity contribution is 6.32. The van der Waals surface area contributed by atoms with Crippen molar-refractivity contribution in [3.05, 3.63) is 28.8 Å². The molecule has 18 heavy (non-hydrogen) atoms. The van der Waals surface area contributed by atoms with Crippen molar-refractivity contribution in [1.82, 2.24) is 0 Å². The van der Waals surface area contributed by atoms with Crippen LogP contribution >= 0.6 is 11.6 Å². The Bertz CT molecular complexity index is 480. The second-order valence-corrected chi connectivity index (χ2v) is 3.96. The van der Waals surface area contributed by atoms with Crippen molar-refractivity contribution < 1.29 is 19.4 Å². The van der Waals surface area contributed by atoms with Crippen molar-refractivity contribution in [1.29, 1.82) is 0 Å². The quantitative estimate of drug-likeness (QED) is 0.835. The van der Waals surface area contributed by atoms with E-state index in [2.05, 4.69) is 0 Å². The predicted octanol–water partition coefficient (Wildman–Crippen LogP) is 3.24. The number of allylic oxidation sites excluding steroid dienone is 1. The highest BCUT2D eigenvalue weighted by Crippen LogP contribution is 2.36. The summed E-state index contributed by atoms with van der Waals surface area (Å²) >= 11 is 6.04. The maximum Gasteiger partial charge on any atom is 0.328 e. The largest absolute Gasteiger partial charge is 0.496 e. The van der Waals surface area contributed by atoms with E-state index in [4.69, 9.17) is 26.2 Å². The smallest absolute Gasteiger partial charge is 0.328 e. The molecular formula is C13H15ClO4. The third kappa shape index (κ3) is 3.17. The van der Waals surface area contributed by atoms with Gasteiger partial charge in [-0.2, -0.15) is 0 Å². The van der Waals surface area contributed by atoms with Crippen molar-refractivity contribution in [2.24, 2.45) is 0 Å². The number of ether oxygens (including phenoxy) is 2. The van der Waals surface area contributed by atoms with Crippen molar-refractivity contribution in [3.63, 3.8) is 0 Å². The molecule has 0 aliphatic carbocycles. The van der Waals surface area contributed by atoms with E-state index in [9.17, 15) is 4.79 Å². The Morgan fingerprint density at radius 3 is 2.39 bits per heavy atom. The number of hydrogen-bond donors (Lipinski definition) is 1. The van der Waals surface area contributed by atoms with Gasteiger partial charge in [-0.25, -0.2) is 4.79 Å². The average Bonchev–Trinajstić information content (AvgIpc) is 2.35. The van der Waals surface area contributed by atoms with Crippen LogP contribution in [0.5, 0.6) is 11.5 Å². The number of rotatable bonds is 5. The zero-order chi connectivity index (χ0) is 13.7. The Labute approximate surface area is 111 Å². The number of carboxylic acids is 1. The highest BCUT2D eigenvalue weighted by atomic mass is 35.5. The van der Waals surface area contributed by atoms with Gasteiger partial charge in [-0.3, -0.25) is 0 Å². The molecule has 0 bridgehead atoms. The second kappa shape index (κ2) is 6.31. The number of aliphatic carboxylic acids is 1. The highest BCUT2D eigenvalue weighted by Gasteiger charge is 2.13. The van der Waals surface area contributed by atoms with E-state index in [0.29, 0.717) is 34.1 Å². The minimum absolute atomic E-state index is 0.415. The molecule has 1 rings (SSSR count). The maximum absolute atomic E-state index is 10.8. The molecule has 0 atom stereocenters. The number of carboxylic acid groups (broad SMARTS) is 1. The summed E-state index contributed by atoms with van der Waals surface area (Å²) in [7, 11) is 3.02. The molecule has 0 heterocycles. The molecule has 0 aromatic heterocycles. The molecular weight excluding hydrogens is 256 g/mol. The zero-order valence-corrected chi connectivity index (χ0v) is 11.2. The number of methoxy groups -OCH3 is 2. The summed E-state index contributed by atoms with van der Waals surface area (Å²) in [6.07, 6.45) is 1.71. The zero-order valence-electron chi connectivity index (χ0n) is 10.5. The molecule has 1 aromatic rings. The molecule has 1 aromatic carbocycles. The lowest BCUT2D eigenvalue weighted by atomic mass is 10.0. The van der Waals surface area contributed by atoms with Gasteiger partial charge in [0.05, 0.1) is 19.2 Å². The molecule has 0 spiro atoms. The number of hydrogen-bond acceptors (Lipinski definition) is 3. The van der Waals surface area contributed by atoms with Gasteiger partial charge in [0.1, 0.15) is 11.5 Å². The summed E-state index contributed by atoms with van der Waals surface area (Å²) in [6.45, 7) is 1.87. The van der Waals surface area contributed by atoms with Crippen LogP contribution < -0.4 is 9.47 Å². The Hall–Kier alpha value is -1.68. The lowest BCUT2D eigenvalue weighted by molar-refractivity contribution is -0.131. The van der Waals surface area contributed by atoms with Gasteiger partial charge >= 0.3 is 5.97 Å². The first kappa shape index (κ1) is 14.4. The van der Waals surface area contributed by atoms with Crippen molar-refractivity contribution in [2.75, 3.05) is 14.2 Å². The number of carbonyl (C=O) groups is 1. The third-order valence-corrected chi connectivity index (χ3v) is 2.79. The van der Waals surface area contributed by atoms with E-state index in [1.165, 1.54) is 14.2 Å². The summed E-state index contributed by atoms with van der Waals surface area (Å²) in [5.41, 5.74) is 1.30. The summed E-state index contributed by atoms with van der Waals surface area (Å²) in [5.74, 6) is 0.0227. The van der Waals surface area contributed by atoms with Crippen LogP contribution in [0.3, 0.4) is 0 Å². The van der Waals surface area contributed by atoms with Gasteiger partial charge in [0.25, 0.3) is 0 Å². The maximum atomic E-state index is 10.8. The van der Waals surface area contributed by atoms with E-state index in [1.54, 1.807) is 12.1 Å². The van der Waals surface area contributed by atoms with Gasteiger partial charge in [0.15, 0.2) is 0 Å². The van der Waals surface area contributed by atoms with E-state index < -0.39 is 5.97 Å². The molecule has 0 fully saturated rings. The molecule has 0 radical (unpaired) electrons. The van der Waals surface area contributed by atoms with Crippen LogP contribution in [0, 0.1) is 0 Å². The first-order chi connectivity index (χ1) is 8.53. The van der Waals surface area contributed by atoms with E-state index in [-0.39, 0.29) is 0 Å². The van der Waals surface area contributed by atoms with Crippen LogP contribution in [0.2, 0.25) is 5.02 Å². The molecule has 0 saturated carbocycles. The molecule has 5 heteroatoms. The molecule has 98 valence electrons. The van der Waals surface area contributed by atoms with E-state index in [1.807, 2.05) is 6.92 Å². The fourth-order valence-electron chi connectivity index (χ4n) is 1.63. The normalized spacial score (nSPS) is 11.2. The van der Waals surface area contributed by atoms with Crippen molar-refractivity contribution in [3.8, 4) is 11.5 Å². The summed E-state index contributed by atoms with van der Waals surface area (Å²) < 4.78 is 10.3. The number of benzene rings is 1. The van der Waals surface area contributed by atoms with Gasteiger partial charge in [0.2, 0.25) is 0 Å². The Kier molecular flexibility index (Phi) is 5.04. The molecule has 0 aliphatic rings. The standard InChI is InChI=1S/C13H15ClO4/c1-4-8(5-13(15)16)9-6-10(14)12(18-3)7-11(9)17-2/h5-7H,4H2,1-3H3,(H,15,16)/b8-5+. The van der Waals surface area contributed by atoms with Gasteiger partial charge in [0, 0.05) is 17.7 Å². The van der Waals surface area contributed by atoms with E-state index in [0.717, 1.165) is 6.08 Å². The van der Waals surface area contributed by atoms with Crippen LogP contribution in [0.25, 0.3) is 5.57 Å². The van der Waals surface area contributed by atoms with E-state index >= 15 is 0 Å². The van der Waals surface area contributed by atoms with Crippen LogP contribution in [-0.4, -0.2) is 25.3 Å². The van der Waals surface area contributed by atoms with Gasteiger partial charge in [-0.05, 0) is 18.1 Å². The fourth-order valence-corrected chi connectivity index (χ4v) is 1.87. The second-order valence-electron chi connectivity index (χ2n) is 3.55. The molecule has 4 nitrogen and oxygen atoms in total.